The van der Waals surface area contributed by atoms with Crippen LogP contribution in [-0.2, 0) is 12.6 Å². The second-order valence-electron chi connectivity index (χ2n) is 4.00. The molecule has 16 heavy (non-hydrogen) atoms. The number of benzene rings is 1. The Bertz CT molecular complexity index is 419. The molecule has 0 saturated carbocycles. The Labute approximate surface area is 92.8 Å². The van der Waals surface area contributed by atoms with Crippen LogP contribution in [0.2, 0.25) is 0 Å². The van der Waals surface area contributed by atoms with Crippen LogP contribution in [0.3, 0.4) is 0 Å². The Kier molecular flexibility index (Phi) is 3.31. The lowest BCUT2D eigenvalue weighted by Crippen LogP contribution is -2.11. The standard InChI is InChI=1S/C12H14F3N/c1-7(2)4-9-5-8(3)11(16)6-10(9)12(13,14)15/h5-6H,1,4,16H2,2-3H3. The van der Waals surface area contributed by atoms with Gasteiger partial charge in [0.25, 0.3) is 0 Å². The summed E-state index contributed by atoms with van der Waals surface area (Å²) in [6.07, 6.45) is -4.15. The third-order valence-corrected chi connectivity index (χ3v) is 2.29. The van der Waals surface area contributed by atoms with Crippen LogP contribution in [0, 0.1) is 6.92 Å². The molecular formula is C12H14F3N. The molecule has 0 fully saturated rings. The van der Waals surface area contributed by atoms with Crippen LogP contribution < -0.4 is 5.73 Å². The van der Waals surface area contributed by atoms with Gasteiger partial charge in [0.2, 0.25) is 0 Å². The van der Waals surface area contributed by atoms with E-state index in [1.165, 1.54) is 6.07 Å². The van der Waals surface area contributed by atoms with Crippen molar-refractivity contribution in [1.82, 2.24) is 0 Å². The Morgan fingerprint density at radius 1 is 1.38 bits per heavy atom. The van der Waals surface area contributed by atoms with E-state index in [-0.39, 0.29) is 17.7 Å². The fourth-order valence-electron chi connectivity index (χ4n) is 1.52. The molecule has 0 radical (unpaired) electrons. The Morgan fingerprint density at radius 2 is 1.94 bits per heavy atom. The summed E-state index contributed by atoms with van der Waals surface area (Å²) in [5.41, 5.74) is 6.57. The molecule has 0 aromatic heterocycles. The number of halogens is 3. The van der Waals surface area contributed by atoms with Crippen molar-refractivity contribution >= 4 is 5.69 Å². The van der Waals surface area contributed by atoms with Crippen LogP contribution in [0.15, 0.2) is 24.3 Å². The number of rotatable bonds is 2. The van der Waals surface area contributed by atoms with Crippen molar-refractivity contribution in [2.45, 2.75) is 26.4 Å². The van der Waals surface area contributed by atoms with E-state index in [0.29, 0.717) is 11.1 Å². The second kappa shape index (κ2) is 4.20. The van der Waals surface area contributed by atoms with Gasteiger partial charge in [0.05, 0.1) is 5.56 Å². The zero-order chi connectivity index (χ0) is 12.5. The van der Waals surface area contributed by atoms with Crippen molar-refractivity contribution in [2.75, 3.05) is 5.73 Å². The van der Waals surface area contributed by atoms with Gasteiger partial charge < -0.3 is 5.73 Å². The molecular weight excluding hydrogens is 215 g/mol. The SMILES string of the molecule is C=C(C)Cc1cc(C)c(N)cc1C(F)(F)F. The Morgan fingerprint density at radius 3 is 2.38 bits per heavy atom. The molecule has 0 heterocycles. The third kappa shape index (κ3) is 2.78. The van der Waals surface area contributed by atoms with Crippen molar-refractivity contribution in [1.29, 1.82) is 0 Å². The molecule has 2 N–H and O–H groups in total. The maximum absolute atomic E-state index is 12.7. The summed E-state index contributed by atoms with van der Waals surface area (Å²) < 4.78 is 38.2. The number of aryl methyl sites for hydroxylation is 1. The number of hydrogen-bond acceptors (Lipinski definition) is 1. The van der Waals surface area contributed by atoms with Gasteiger partial charge >= 0.3 is 6.18 Å². The molecule has 1 nitrogen and oxygen atoms in total. The molecule has 1 rings (SSSR count). The van der Waals surface area contributed by atoms with Crippen LogP contribution in [0.25, 0.3) is 0 Å². The fraction of sp³-hybridized carbons (Fsp3) is 0.333. The normalized spacial score (nSPS) is 11.6. The highest BCUT2D eigenvalue weighted by molar-refractivity contribution is 5.53. The van der Waals surface area contributed by atoms with E-state index in [2.05, 4.69) is 6.58 Å². The lowest BCUT2D eigenvalue weighted by Gasteiger charge is -2.15. The van der Waals surface area contributed by atoms with Crippen LogP contribution in [0.1, 0.15) is 23.6 Å². The third-order valence-electron chi connectivity index (χ3n) is 2.29. The van der Waals surface area contributed by atoms with Crippen molar-refractivity contribution in [2.24, 2.45) is 0 Å². The number of hydrogen-bond donors (Lipinski definition) is 1. The maximum atomic E-state index is 12.7. The average Bonchev–Trinajstić information content (AvgIpc) is 2.08. The summed E-state index contributed by atoms with van der Waals surface area (Å²) in [7, 11) is 0. The Balaban J connectivity index is 3.33. The number of nitrogen functional groups attached to an aromatic ring is 1. The van der Waals surface area contributed by atoms with E-state index in [1.54, 1.807) is 13.8 Å². The summed E-state index contributed by atoms with van der Waals surface area (Å²) in [6.45, 7) is 7.02. The molecule has 0 aliphatic rings. The Hall–Kier alpha value is -1.45. The monoisotopic (exact) mass is 229 g/mol. The lowest BCUT2D eigenvalue weighted by molar-refractivity contribution is -0.138. The van der Waals surface area contributed by atoms with Gasteiger partial charge in [-0.25, -0.2) is 0 Å². The first-order valence-electron chi connectivity index (χ1n) is 4.82. The molecule has 0 bridgehead atoms. The van der Waals surface area contributed by atoms with Gasteiger partial charge in [0.1, 0.15) is 0 Å². The molecule has 0 saturated heterocycles. The fourth-order valence-corrected chi connectivity index (χ4v) is 1.52. The van der Waals surface area contributed by atoms with Crippen LogP contribution >= 0.6 is 0 Å². The van der Waals surface area contributed by atoms with Gasteiger partial charge in [-0.2, -0.15) is 13.2 Å². The molecule has 0 atom stereocenters. The summed E-state index contributed by atoms with van der Waals surface area (Å²) >= 11 is 0. The van der Waals surface area contributed by atoms with Gasteiger partial charge in [-0.05, 0) is 37.5 Å². The van der Waals surface area contributed by atoms with E-state index in [4.69, 9.17) is 5.73 Å². The van der Waals surface area contributed by atoms with Crippen molar-refractivity contribution in [3.63, 3.8) is 0 Å². The zero-order valence-corrected chi connectivity index (χ0v) is 9.28. The minimum absolute atomic E-state index is 0.165. The molecule has 0 unspecified atom stereocenters. The van der Waals surface area contributed by atoms with Crippen molar-refractivity contribution < 1.29 is 13.2 Å². The van der Waals surface area contributed by atoms with Gasteiger partial charge in [-0.15, -0.1) is 0 Å². The van der Waals surface area contributed by atoms with Crippen LogP contribution in [0.4, 0.5) is 18.9 Å². The summed E-state index contributed by atoms with van der Waals surface area (Å²) in [6, 6.07) is 2.47. The molecule has 4 heteroatoms. The number of nitrogens with two attached hydrogens (primary N) is 1. The molecule has 0 aliphatic heterocycles. The highest BCUT2D eigenvalue weighted by Crippen LogP contribution is 2.35. The van der Waals surface area contributed by atoms with Gasteiger partial charge in [0, 0.05) is 5.69 Å². The lowest BCUT2D eigenvalue weighted by atomic mass is 9.97. The predicted octanol–water partition coefficient (Wildman–Crippen LogP) is 3.71. The smallest absolute Gasteiger partial charge is 0.399 e. The largest absolute Gasteiger partial charge is 0.416 e. The second-order valence-corrected chi connectivity index (χ2v) is 4.00. The summed E-state index contributed by atoms with van der Waals surface area (Å²) in [4.78, 5) is 0. The van der Waals surface area contributed by atoms with Crippen LogP contribution in [-0.4, -0.2) is 0 Å². The average molecular weight is 229 g/mol. The molecule has 1 aromatic rings. The topological polar surface area (TPSA) is 26.0 Å². The van der Waals surface area contributed by atoms with Gasteiger partial charge in [-0.1, -0.05) is 18.2 Å². The zero-order valence-electron chi connectivity index (χ0n) is 9.28. The van der Waals surface area contributed by atoms with Crippen molar-refractivity contribution in [3.05, 3.63) is 41.0 Å². The molecule has 88 valence electrons. The van der Waals surface area contributed by atoms with Gasteiger partial charge in [0.15, 0.2) is 0 Å². The minimum atomic E-state index is -4.37. The molecule has 1 aromatic carbocycles. The summed E-state index contributed by atoms with van der Waals surface area (Å²) in [5.74, 6) is 0. The number of anilines is 1. The predicted molar refractivity (Wildman–Crippen MR) is 59.1 cm³/mol. The highest BCUT2D eigenvalue weighted by Gasteiger charge is 2.33. The van der Waals surface area contributed by atoms with E-state index < -0.39 is 11.7 Å². The van der Waals surface area contributed by atoms with Gasteiger partial charge in [-0.3, -0.25) is 0 Å². The quantitative estimate of drug-likeness (QED) is 0.607. The van der Waals surface area contributed by atoms with E-state index in [0.717, 1.165) is 6.07 Å². The first-order valence-corrected chi connectivity index (χ1v) is 4.82. The number of alkyl halides is 3. The first kappa shape index (κ1) is 12.6. The highest BCUT2D eigenvalue weighted by atomic mass is 19.4. The molecule has 0 amide bonds. The minimum Gasteiger partial charge on any atom is -0.399 e. The van der Waals surface area contributed by atoms with E-state index in [1.807, 2.05) is 0 Å². The summed E-state index contributed by atoms with van der Waals surface area (Å²) in [5, 5.41) is 0. The van der Waals surface area contributed by atoms with Crippen LogP contribution in [0.5, 0.6) is 0 Å². The maximum Gasteiger partial charge on any atom is 0.416 e. The first-order chi connectivity index (χ1) is 7.21. The van der Waals surface area contributed by atoms with Crippen molar-refractivity contribution in [3.8, 4) is 0 Å². The molecule has 0 spiro atoms. The molecule has 0 aliphatic carbocycles. The van der Waals surface area contributed by atoms with E-state index >= 15 is 0 Å². The van der Waals surface area contributed by atoms with E-state index in [9.17, 15) is 13.2 Å². The number of allylic oxidation sites excluding steroid dienone is 1.